The predicted molar refractivity (Wildman–Crippen MR) is 80.9 cm³/mol. The van der Waals surface area contributed by atoms with Gasteiger partial charge in [0.05, 0.1) is 12.0 Å². The minimum Gasteiger partial charge on any atom is -0.392 e. The summed E-state index contributed by atoms with van der Waals surface area (Å²) in [6.07, 6.45) is 9.07. The Morgan fingerprint density at radius 2 is 1.61 bits per heavy atom. The second kappa shape index (κ2) is 12.0. The van der Waals surface area contributed by atoms with Crippen molar-refractivity contribution >= 4 is 16.9 Å². The summed E-state index contributed by atoms with van der Waals surface area (Å²) in [6, 6.07) is 0. The third-order valence-corrected chi connectivity index (χ3v) is 4.28. The molecule has 0 aliphatic heterocycles. The van der Waals surface area contributed by atoms with Crippen molar-refractivity contribution in [1.29, 1.82) is 0 Å². The van der Waals surface area contributed by atoms with Gasteiger partial charge in [-0.15, -0.1) is 0 Å². The number of aliphatic hydroxyl groups excluding tert-OH is 1. The molecule has 0 radical (unpaired) electrons. The first kappa shape index (κ1) is 18.0. The van der Waals surface area contributed by atoms with Gasteiger partial charge in [0, 0.05) is 0 Å². The fourth-order valence-corrected chi connectivity index (χ4v) is 2.70. The minimum absolute atomic E-state index is 0.132. The Hall–Kier alpha value is -0.0200. The van der Waals surface area contributed by atoms with Gasteiger partial charge < -0.3 is 5.11 Å². The van der Waals surface area contributed by atoms with Gasteiger partial charge in [0.2, 0.25) is 0 Å². The lowest BCUT2D eigenvalue weighted by Crippen LogP contribution is -2.23. The van der Waals surface area contributed by atoms with Crippen LogP contribution in [0.25, 0.3) is 0 Å². The van der Waals surface area contributed by atoms with Gasteiger partial charge in [0.15, 0.2) is 5.12 Å². The van der Waals surface area contributed by atoms with Crippen LogP contribution in [0.4, 0.5) is 0 Å². The summed E-state index contributed by atoms with van der Waals surface area (Å²) in [6.45, 7) is 6.04. The molecule has 0 aliphatic carbocycles. The molecule has 1 N–H and O–H groups in total. The van der Waals surface area contributed by atoms with Crippen molar-refractivity contribution in [3.63, 3.8) is 0 Å². The Morgan fingerprint density at radius 1 is 1.06 bits per heavy atom. The van der Waals surface area contributed by atoms with Crippen molar-refractivity contribution in [2.45, 2.75) is 78.2 Å². The lowest BCUT2D eigenvalue weighted by molar-refractivity contribution is -0.117. The fraction of sp³-hybridized carbons (Fsp3) is 0.933. The molecule has 18 heavy (non-hydrogen) atoms. The van der Waals surface area contributed by atoms with Crippen molar-refractivity contribution < 1.29 is 9.90 Å². The van der Waals surface area contributed by atoms with Crippen LogP contribution in [0, 0.1) is 5.92 Å². The van der Waals surface area contributed by atoms with Gasteiger partial charge in [-0.2, -0.15) is 0 Å². The van der Waals surface area contributed by atoms with Gasteiger partial charge in [0.1, 0.15) is 0 Å². The summed E-state index contributed by atoms with van der Waals surface area (Å²) in [5.74, 6) is 0.586. The quantitative estimate of drug-likeness (QED) is 0.567. The number of thioether (sulfide) groups is 1. The zero-order valence-corrected chi connectivity index (χ0v) is 13.1. The molecule has 0 fully saturated rings. The van der Waals surface area contributed by atoms with E-state index in [0.29, 0.717) is 0 Å². The predicted octanol–water partition coefficient (Wildman–Crippen LogP) is 4.40. The standard InChI is InChI=1S/C15H30O2S/c1-4-6-7-8-9-10-11-12-14(16)13(3)15(17)18-5-2/h13-14,16H,4-12H2,1-3H3/t13-,14-/m1/s1. The Kier molecular flexibility index (Phi) is 12.0. The summed E-state index contributed by atoms with van der Waals surface area (Å²) in [4.78, 5) is 11.6. The van der Waals surface area contributed by atoms with E-state index < -0.39 is 6.10 Å². The number of hydrogen-bond donors (Lipinski definition) is 1. The van der Waals surface area contributed by atoms with Gasteiger partial charge in [-0.3, -0.25) is 4.79 Å². The van der Waals surface area contributed by atoms with E-state index >= 15 is 0 Å². The van der Waals surface area contributed by atoms with Crippen molar-refractivity contribution in [2.75, 3.05) is 5.75 Å². The van der Waals surface area contributed by atoms with Crippen LogP contribution >= 0.6 is 11.8 Å². The average molecular weight is 274 g/mol. The molecule has 3 heteroatoms. The van der Waals surface area contributed by atoms with Gasteiger partial charge in [-0.25, -0.2) is 0 Å². The van der Waals surface area contributed by atoms with Crippen LogP contribution in [0.1, 0.15) is 72.1 Å². The number of aliphatic hydroxyl groups is 1. The first-order valence-corrected chi connectivity index (χ1v) is 8.46. The van der Waals surface area contributed by atoms with Crippen molar-refractivity contribution in [2.24, 2.45) is 5.92 Å². The smallest absolute Gasteiger partial charge is 0.194 e. The molecule has 0 spiro atoms. The fourth-order valence-electron chi connectivity index (χ4n) is 1.99. The molecule has 0 bridgehead atoms. The molecular formula is C15H30O2S. The SMILES string of the molecule is CCCCCCCCC[C@@H](O)[C@@H](C)C(=O)SCC. The molecule has 2 nitrogen and oxygen atoms in total. The molecule has 0 saturated heterocycles. The lowest BCUT2D eigenvalue weighted by Gasteiger charge is -2.16. The van der Waals surface area contributed by atoms with Crippen LogP contribution in [0.5, 0.6) is 0 Å². The van der Waals surface area contributed by atoms with E-state index in [0.717, 1.165) is 18.6 Å². The highest BCUT2D eigenvalue weighted by Gasteiger charge is 2.21. The molecule has 2 atom stereocenters. The molecule has 108 valence electrons. The van der Waals surface area contributed by atoms with Crippen LogP contribution in [-0.4, -0.2) is 22.1 Å². The first-order valence-electron chi connectivity index (χ1n) is 7.48. The molecule has 0 aromatic rings. The molecule has 0 rings (SSSR count). The molecule has 0 amide bonds. The van der Waals surface area contributed by atoms with Crippen LogP contribution in [0.3, 0.4) is 0 Å². The van der Waals surface area contributed by atoms with Gasteiger partial charge in [-0.05, 0) is 12.2 Å². The van der Waals surface area contributed by atoms with Crippen LogP contribution in [0.15, 0.2) is 0 Å². The number of rotatable bonds is 11. The van der Waals surface area contributed by atoms with E-state index in [1.165, 1.54) is 50.3 Å². The minimum atomic E-state index is -0.452. The van der Waals surface area contributed by atoms with Gasteiger partial charge >= 0.3 is 0 Å². The second-order valence-corrected chi connectivity index (χ2v) is 6.29. The molecule has 0 aromatic heterocycles. The Labute approximate surface area is 117 Å². The highest BCUT2D eigenvalue weighted by Crippen LogP contribution is 2.19. The average Bonchev–Trinajstić information content (AvgIpc) is 2.36. The highest BCUT2D eigenvalue weighted by atomic mass is 32.2. The first-order chi connectivity index (χ1) is 8.63. The third-order valence-electron chi connectivity index (χ3n) is 3.34. The third kappa shape index (κ3) is 8.98. The lowest BCUT2D eigenvalue weighted by atomic mass is 9.99. The highest BCUT2D eigenvalue weighted by molar-refractivity contribution is 8.13. The summed E-state index contributed by atoms with van der Waals surface area (Å²) < 4.78 is 0. The number of unbranched alkanes of at least 4 members (excludes halogenated alkanes) is 6. The zero-order valence-electron chi connectivity index (χ0n) is 12.3. The molecule has 0 saturated carbocycles. The number of carbonyl (C=O) groups is 1. The van der Waals surface area contributed by atoms with Crippen LogP contribution in [-0.2, 0) is 4.79 Å². The van der Waals surface area contributed by atoms with Crippen molar-refractivity contribution in [3.8, 4) is 0 Å². The second-order valence-electron chi connectivity index (χ2n) is 5.02. The summed E-state index contributed by atoms with van der Waals surface area (Å²) in [5, 5.41) is 10.1. The van der Waals surface area contributed by atoms with Gasteiger partial charge in [0.25, 0.3) is 0 Å². The molecule has 0 aromatic carbocycles. The van der Waals surface area contributed by atoms with E-state index in [4.69, 9.17) is 0 Å². The maximum Gasteiger partial charge on any atom is 0.194 e. The van der Waals surface area contributed by atoms with E-state index in [-0.39, 0.29) is 11.0 Å². The van der Waals surface area contributed by atoms with Crippen LogP contribution in [0.2, 0.25) is 0 Å². The van der Waals surface area contributed by atoms with Gasteiger partial charge in [-0.1, -0.05) is 77.5 Å². The summed E-state index contributed by atoms with van der Waals surface area (Å²) in [7, 11) is 0. The van der Waals surface area contributed by atoms with Crippen molar-refractivity contribution in [3.05, 3.63) is 0 Å². The molecule has 0 unspecified atom stereocenters. The van der Waals surface area contributed by atoms with E-state index in [1.54, 1.807) is 0 Å². The zero-order chi connectivity index (χ0) is 13.8. The number of hydrogen-bond acceptors (Lipinski definition) is 3. The number of carbonyl (C=O) groups excluding carboxylic acids is 1. The monoisotopic (exact) mass is 274 g/mol. The maximum atomic E-state index is 11.6. The maximum absolute atomic E-state index is 11.6. The van der Waals surface area contributed by atoms with Crippen LogP contribution < -0.4 is 0 Å². The van der Waals surface area contributed by atoms with E-state index in [1.807, 2.05) is 13.8 Å². The van der Waals surface area contributed by atoms with E-state index in [2.05, 4.69) is 6.92 Å². The molecule has 0 heterocycles. The molecular weight excluding hydrogens is 244 g/mol. The summed E-state index contributed by atoms with van der Waals surface area (Å²) in [5.41, 5.74) is 0. The molecule has 0 aliphatic rings. The Morgan fingerprint density at radius 3 is 2.17 bits per heavy atom. The topological polar surface area (TPSA) is 37.3 Å². The van der Waals surface area contributed by atoms with Crippen molar-refractivity contribution in [1.82, 2.24) is 0 Å². The Bertz CT molecular complexity index is 207. The summed E-state index contributed by atoms with van der Waals surface area (Å²) >= 11 is 1.32. The Balaban J connectivity index is 3.51. The normalized spacial score (nSPS) is 14.4. The largest absolute Gasteiger partial charge is 0.392 e. The van der Waals surface area contributed by atoms with E-state index in [9.17, 15) is 9.90 Å².